The Morgan fingerprint density at radius 1 is 1.53 bits per heavy atom. The molecule has 0 spiro atoms. The number of hydrogen-bond donors (Lipinski definition) is 1. The second-order valence-corrected chi connectivity index (χ2v) is 4.79. The standard InChI is InChI=1S/C12H25FN2/c1-4-10(2)12-9-15(7-5-6-13)11(3)8-14-12/h10-12,14H,4-9H2,1-3H3. The van der Waals surface area contributed by atoms with E-state index in [1.54, 1.807) is 0 Å². The van der Waals surface area contributed by atoms with Gasteiger partial charge in [0, 0.05) is 31.7 Å². The number of hydrogen-bond acceptors (Lipinski definition) is 2. The van der Waals surface area contributed by atoms with Crippen LogP contribution >= 0.6 is 0 Å². The zero-order valence-corrected chi connectivity index (χ0v) is 10.3. The van der Waals surface area contributed by atoms with Gasteiger partial charge in [-0.05, 0) is 19.3 Å². The lowest BCUT2D eigenvalue weighted by Gasteiger charge is -2.40. The zero-order chi connectivity index (χ0) is 11.3. The van der Waals surface area contributed by atoms with Crippen LogP contribution < -0.4 is 5.32 Å². The normalized spacial score (nSPS) is 30.4. The van der Waals surface area contributed by atoms with Crippen LogP contribution in [-0.4, -0.2) is 43.3 Å². The summed E-state index contributed by atoms with van der Waals surface area (Å²) in [6.45, 7) is 9.59. The minimum Gasteiger partial charge on any atom is -0.311 e. The number of nitrogens with one attached hydrogen (secondary N) is 1. The third kappa shape index (κ3) is 3.72. The molecule has 1 fully saturated rings. The molecule has 0 radical (unpaired) electrons. The minimum atomic E-state index is -0.190. The van der Waals surface area contributed by atoms with Gasteiger partial charge in [-0.25, -0.2) is 0 Å². The number of piperazine rings is 1. The highest BCUT2D eigenvalue weighted by Gasteiger charge is 2.26. The molecule has 0 aromatic rings. The average molecular weight is 216 g/mol. The summed E-state index contributed by atoms with van der Waals surface area (Å²) in [6.07, 6.45) is 1.89. The zero-order valence-electron chi connectivity index (χ0n) is 10.3. The highest BCUT2D eigenvalue weighted by atomic mass is 19.1. The Kier molecular flexibility index (Phi) is 5.54. The van der Waals surface area contributed by atoms with Crippen molar-refractivity contribution in [2.24, 2.45) is 5.92 Å². The smallest absolute Gasteiger partial charge is 0.0906 e. The lowest BCUT2D eigenvalue weighted by molar-refractivity contribution is 0.115. The second kappa shape index (κ2) is 6.44. The van der Waals surface area contributed by atoms with Gasteiger partial charge in [0.15, 0.2) is 0 Å². The molecular weight excluding hydrogens is 191 g/mol. The summed E-state index contributed by atoms with van der Waals surface area (Å²) >= 11 is 0. The number of nitrogens with zero attached hydrogens (tertiary/aromatic N) is 1. The van der Waals surface area contributed by atoms with E-state index in [9.17, 15) is 4.39 Å². The Labute approximate surface area is 93.2 Å². The predicted octanol–water partition coefficient (Wildman–Crippen LogP) is 2.05. The molecule has 1 rings (SSSR count). The SMILES string of the molecule is CCC(C)C1CN(CCCF)C(C)CN1. The van der Waals surface area contributed by atoms with E-state index in [1.807, 2.05) is 0 Å². The molecule has 1 aliphatic heterocycles. The van der Waals surface area contributed by atoms with Crippen molar-refractivity contribution >= 4 is 0 Å². The molecule has 2 nitrogen and oxygen atoms in total. The monoisotopic (exact) mass is 216 g/mol. The van der Waals surface area contributed by atoms with Crippen molar-refractivity contribution in [2.45, 2.75) is 45.7 Å². The van der Waals surface area contributed by atoms with E-state index < -0.39 is 0 Å². The summed E-state index contributed by atoms with van der Waals surface area (Å²) in [7, 11) is 0. The largest absolute Gasteiger partial charge is 0.311 e. The molecule has 3 heteroatoms. The molecule has 1 saturated heterocycles. The van der Waals surface area contributed by atoms with E-state index in [0.717, 1.165) is 19.6 Å². The van der Waals surface area contributed by atoms with Crippen LogP contribution in [0.3, 0.4) is 0 Å². The van der Waals surface area contributed by atoms with Gasteiger partial charge in [0.25, 0.3) is 0 Å². The van der Waals surface area contributed by atoms with E-state index >= 15 is 0 Å². The van der Waals surface area contributed by atoms with E-state index in [4.69, 9.17) is 0 Å². The van der Waals surface area contributed by atoms with Gasteiger partial charge in [-0.2, -0.15) is 0 Å². The van der Waals surface area contributed by atoms with E-state index in [-0.39, 0.29) is 6.67 Å². The third-order valence-electron chi connectivity index (χ3n) is 3.64. The van der Waals surface area contributed by atoms with Gasteiger partial charge in [-0.1, -0.05) is 20.3 Å². The average Bonchev–Trinajstić information content (AvgIpc) is 2.27. The minimum absolute atomic E-state index is 0.190. The molecule has 15 heavy (non-hydrogen) atoms. The summed E-state index contributed by atoms with van der Waals surface area (Å²) in [5.41, 5.74) is 0. The van der Waals surface area contributed by atoms with Gasteiger partial charge in [0.1, 0.15) is 0 Å². The van der Waals surface area contributed by atoms with Gasteiger partial charge in [-0.3, -0.25) is 9.29 Å². The molecule has 0 bridgehead atoms. The van der Waals surface area contributed by atoms with Crippen molar-refractivity contribution < 1.29 is 4.39 Å². The third-order valence-corrected chi connectivity index (χ3v) is 3.64. The van der Waals surface area contributed by atoms with Crippen molar-refractivity contribution in [3.8, 4) is 0 Å². The molecular formula is C12H25FN2. The van der Waals surface area contributed by atoms with Gasteiger partial charge in [-0.15, -0.1) is 0 Å². The molecule has 0 aliphatic carbocycles. The van der Waals surface area contributed by atoms with Crippen molar-refractivity contribution in [1.82, 2.24) is 10.2 Å². The maximum Gasteiger partial charge on any atom is 0.0906 e. The first-order valence-corrected chi connectivity index (χ1v) is 6.22. The summed E-state index contributed by atoms with van der Waals surface area (Å²) < 4.78 is 12.2. The first kappa shape index (κ1) is 12.9. The Bertz CT molecular complexity index is 175. The van der Waals surface area contributed by atoms with Gasteiger partial charge < -0.3 is 5.32 Å². The number of rotatable bonds is 5. The number of halogens is 1. The molecule has 1 aliphatic rings. The lowest BCUT2D eigenvalue weighted by atomic mass is 9.95. The van der Waals surface area contributed by atoms with E-state index in [0.29, 0.717) is 24.4 Å². The molecule has 90 valence electrons. The van der Waals surface area contributed by atoms with Crippen LogP contribution in [0.4, 0.5) is 4.39 Å². The van der Waals surface area contributed by atoms with Crippen LogP contribution in [0.1, 0.15) is 33.6 Å². The Balaban J connectivity index is 2.40. The molecule has 1 heterocycles. The molecule has 1 N–H and O–H groups in total. The molecule has 3 unspecified atom stereocenters. The maximum absolute atomic E-state index is 12.2. The van der Waals surface area contributed by atoms with Crippen molar-refractivity contribution in [3.05, 3.63) is 0 Å². The van der Waals surface area contributed by atoms with E-state index in [2.05, 4.69) is 31.0 Å². The fourth-order valence-electron chi connectivity index (χ4n) is 2.19. The van der Waals surface area contributed by atoms with Crippen LogP contribution in [0.15, 0.2) is 0 Å². The predicted molar refractivity (Wildman–Crippen MR) is 62.9 cm³/mol. The van der Waals surface area contributed by atoms with Crippen LogP contribution in [0.5, 0.6) is 0 Å². The Morgan fingerprint density at radius 2 is 2.27 bits per heavy atom. The van der Waals surface area contributed by atoms with Crippen LogP contribution in [-0.2, 0) is 0 Å². The highest BCUT2D eigenvalue weighted by molar-refractivity contribution is 4.86. The first-order valence-electron chi connectivity index (χ1n) is 6.22. The topological polar surface area (TPSA) is 15.3 Å². The van der Waals surface area contributed by atoms with Crippen molar-refractivity contribution in [3.63, 3.8) is 0 Å². The highest BCUT2D eigenvalue weighted by Crippen LogP contribution is 2.15. The Hall–Kier alpha value is -0.150. The fraction of sp³-hybridized carbons (Fsp3) is 1.00. The lowest BCUT2D eigenvalue weighted by Crippen LogP contribution is -2.57. The van der Waals surface area contributed by atoms with Gasteiger partial charge in [0.2, 0.25) is 0 Å². The molecule has 3 atom stereocenters. The summed E-state index contributed by atoms with van der Waals surface area (Å²) in [5, 5.41) is 3.59. The van der Waals surface area contributed by atoms with Crippen molar-refractivity contribution in [2.75, 3.05) is 26.3 Å². The molecule has 0 aromatic heterocycles. The summed E-state index contributed by atoms with van der Waals surface area (Å²) in [5.74, 6) is 0.713. The van der Waals surface area contributed by atoms with Gasteiger partial charge >= 0.3 is 0 Å². The van der Waals surface area contributed by atoms with Crippen LogP contribution in [0.2, 0.25) is 0 Å². The first-order chi connectivity index (χ1) is 7.19. The van der Waals surface area contributed by atoms with Gasteiger partial charge in [0.05, 0.1) is 6.67 Å². The van der Waals surface area contributed by atoms with Crippen molar-refractivity contribution in [1.29, 1.82) is 0 Å². The molecule has 0 saturated carbocycles. The summed E-state index contributed by atoms with van der Waals surface area (Å²) in [6, 6.07) is 1.14. The number of alkyl halides is 1. The summed E-state index contributed by atoms with van der Waals surface area (Å²) in [4.78, 5) is 2.42. The Morgan fingerprint density at radius 3 is 2.87 bits per heavy atom. The quantitative estimate of drug-likeness (QED) is 0.756. The second-order valence-electron chi connectivity index (χ2n) is 4.79. The van der Waals surface area contributed by atoms with Crippen LogP contribution in [0.25, 0.3) is 0 Å². The maximum atomic E-state index is 12.2. The van der Waals surface area contributed by atoms with E-state index in [1.165, 1.54) is 6.42 Å². The fourth-order valence-corrected chi connectivity index (χ4v) is 2.19. The molecule has 0 aromatic carbocycles. The van der Waals surface area contributed by atoms with Crippen LogP contribution in [0, 0.1) is 5.92 Å². The molecule has 0 amide bonds.